The van der Waals surface area contributed by atoms with Gasteiger partial charge in [0.25, 0.3) is 0 Å². The lowest BCUT2D eigenvalue weighted by Gasteiger charge is -2.20. The van der Waals surface area contributed by atoms with Crippen molar-refractivity contribution in [2.45, 2.75) is 39.3 Å². The second-order valence-electron chi connectivity index (χ2n) is 6.28. The molecule has 0 aliphatic carbocycles. The highest BCUT2D eigenvalue weighted by atomic mass is 16.6. The van der Waals surface area contributed by atoms with Gasteiger partial charge in [-0.25, -0.2) is 4.79 Å². The minimum Gasteiger partial charge on any atom is -0.444 e. The van der Waals surface area contributed by atoms with Crippen LogP contribution >= 0.6 is 0 Å². The van der Waals surface area contributed by atoms with E-state index >= 15 is 0 Å². The first-order valence-corrected chi connectivity index (χ1v) is 7.06. The minimum atomic E-state index is -0.508. The first kappa shape index (κ1) is 15.4. The third kappa shape index (κ3) is 3.98. The minimum absolute atomic E-state index is 0.284. The van der Waals surface area contributed by atoms with Crippen molar-refractivity contribution in [3.05, 3.63) is 35.5 Å². The predicted molar refractivity (Wildman–Crippen MR) is 84.2 cm³/mol. The number of aromatic nitrogens is 1. The summed E-state index contributed by atoms with van der Waals surface area (Å²) in [5.74, 6) is 0. The summed E-state index contributed by atoms with van der Waals surface area (Å²) in [6.07, 6.45) is 1.44. The fourth-order valence-electron chi connectivity index (χ4n) is 2.18. The lowest BCUT2D eigenvalue weighted by atomic mass is 10.0. The maximum Gasteiger partial charge on any atom is 0.407 e. The fourth-order valence-corrected chi connectivity index (χ4v) is 2.18. The Kier molecular flexibility index (Phi) is 4.23. The molecule has 1 unspecified atom stereocenters. The van der Waals surface area contributed by atoms with Crippen molar-refractivity contribution in [1.29, 1.82) is 0 Å². The first-order valence-electron chi connectivity index (χ1n) is 7.06. The summed E-state index contributed by atoms with van der Waals surface area (Å²) in [5, 5.41) is 3.80. The normalized spacial score (nSPS) is 13.2. The second-order valence-corrected chi connectivity index (χ2v) is 6.28. The predicted octanol–water partition coefficient (Wildman–Crippen LogP) is 3.00. The molecule has 5 nitrogen and oxygen atoms in total. The molecule has 0 saturated carbocycles. The quantitative estimate of drug-likeness (QED) is 0.812. The third-order valence-electron chi connectivity index (χ3n) is 3.13. The van der Waals surface area contributed by atoms with Crippen LogP contribution in [0.3, 0.4) is 0 Å². The zero-order valence-corrected chi connectivity index (χ0v) is 13.0. The van der Waals surface area contributed by atoms with Crippen molar-refractivity contribution >= 4 is 17.0 Å². The Morgan fingerprint density at radius 1 is 1.43 bits per heavy atom. The van der Waals surface area contributed by atoms with Crippen molar-refractivity contribution in [2.24, 2.45) is 5.73 Å². The van der Waals surface area contributed by atoms with Crippen LogP contribution in [0.25, 0.3) is 10.9 Å². The SMILES string of the molecule is Cc1ccc2[nH]cc(C(N)CNC(=O)OC(C)(C)C)c2c1. The smallest absolute Gasteiger partial charge is 0.407 e. The molecule has 0 fully saturated rings. The van der Waals surface area contributed by atoms with E-state index < -0.39 is 11.7 Å². The zero-order valence-electron chi connectivity index (χ0n) is 13.0. The van der Waals surface area contributed by atoms with E-state index in [1.165, 1.54) is 5.56 Å². The van der Waals surface area contributed by atoms with Crippen LogP contribution in [0.4, 0.5) is 4.79 Å². The number of aryl methyl sites for hydroxylation is 1. The van der Waals surface area contributed by atoms with Crippen LogP contribution in [0.5, 0.6) is 0 Å². The number of carbonyl (C=O) groups is 1. The van der Waals surface area contributed by atoms with Crippen molar-refractivity contribution in [3.8, 4) is 0 Å². The number of hydrogen-bond donors (Lipinski definition) is 3. The summed E-state index contributed by atoms with van der Waals surface area (Å²) < 4.78 is 5.20. The Labute approximate surface area is 124 Å². The van der Waals surface area contributed by atoms with E-state index in [4.69, 9.17) is 10.5 Å². The number of benzene rings is 1. The molecular formula is C16H23N3O2. The van der Waals surface area contributed by atoms with E-state index in [1.54, 1.807) is 0 Å². The van der Waals surface area contributed by atoms with Gasteiger partial charge >= 0.3 is 6.09 Å². The lowest BCUT2D eigenvalue weighted by Crippen LogP contribution is -2.36. The fraction of sp³-hybridized carbons (Fsp3) is 0.438. The molecule has 0 bridgehead atoms. The third-order valence-corrected chi connectivity index (χ3v) is 3.13. The van der Waals surface area contributed by atoms with Gasteiger partial charge in [-0.2, -0.15) is 0 Å². The van der Waals surface area contributed by atoms with Crippen molar-refractivity contribution in [3.63, 3.8) is 0 Å². The number of ether oxygens (including phenoxy) is 1. The van der Waals surface area contributed by atoms with E-state index in [0.29, 0.717) is 6.54 Å². The van der Waals surface area contributed by atoms with Crippen molar-refractivity contribution < 1.29 is 9.53 Å². The number of rotatable bonds is 3. The molecule has 2 aromatic rings. The summed E-state index contributed by atoms with van der Waals surface area (Å²) in [5.41, 5.74) is 8.88. The molecular weight excluding hydrogens is 266 g/mol. The number of alkyl carbamates (subject to hydrolysis) is 1. The molecule has 1 atom stereocenters. The Hall–Kier alpha value is -2.01. The second kappa shape index (κ2) is 5.77. The number of nitrogens with two attached hydrogens (primary N) is 1. The topological polar surface area (TPSA) is 80.1 Å². The first-order chi connectivity index (χ1) is 9.76. The van der Waals surface area contributed by atoms with Crippen LogP contribution in [0.2, 0.25) is 0 Å². The van der Waals surface area contributed by atoms with Gasteiger partial charge in [-0.15, -0.1) is 0 Å². The van der Waals surface area contributed by atoms with E-state index in [0.717, 1.165) is 16.5 Å². The van der Waals surface area contributed by atoms with Crippen LogP contribution in [0.1, 0.15) is 37.9 Å². The van der Waals surface area contributed by atoms with Gasteiger partial charge in [0.2, 0.25) is 0 Å². The number of aromatic amines is 1. The molecule has 114 valence electrons. The van der Waals surface area contributed by atoms with Gasteiger partial charge in [-0.3, -0.25) is 0 Å². The molecule has 0 aliphatic rings. The van der Waals surface area contributed by atoms with Crippen molar-refractivity contribution in [2.75, 3.05) is 6.54 Å². The van der Waals surface area contributed by atoms with Gasteiger partial charge in [-0.05, 0) is 45.4 Å². The molecule has 0 radical (unpaired) electrons. The van der Waals surface area contributed by atoms with Crippen LogP contribution < -0.4 is 11.1 Å². The monoisotopic (exact) mass is 289 g/mol. The van der Waals surface area contributed by atoms with Gasteiger partial charge < -0.3 is 20.8 Å². The Morgan fingerprint density at radius 3 is 2.81 bits per heavy atom. The molecule has 1 heterocycles. The zero-order chi connectivity index (χ0) is 15.6. The Morgan fingerprint density at radius 2 is 2.14 bits per heavy atom. The molecule has 0 saturated heterocycles. The molecule has 2 rings (SSSR count). The number of nitrogens with one attached hydrogen (secondary N) is 2. The maximum atomic E-state index is 11.7. The number of fused-ring (bicyclic) bond motifs is 1. The van der Waals surface area contributed by atoms with Gasteiger partial charge in [-0.1, -0.05) is 11.6 Å². The molecule has 0 spiro atoms. The van der Waals surface area contributed by atoms with E-state index in [9.17, 15) is 4.79 Å². The number of carbonyl (C=O) groups excluding carboxylic acids is 1. The van der Waals surface area contributed by atoms with Gasteiger partial charge in [0.05, 0.1) is 0 Å². The summed E-state index contributed by atoms with van der Waals surface area (Å²) in [6, 6.07) is 5.89. The Bertz CT molecular complexity index is 640. The molecule has 1 aromatic carbocycles. The van der Waals surface area contributed by atoms with Crippen LogP contribution in [-0.2, 0) is 4.74 Å². The van der Waals surface area contributed by atoms with Crippen molar-refractivity contribution in [1.82, 2.24) is 10.3 Å². The van der Waals surface area contributed by atoms with E-state index in [2.05, 4.69) is 16.4 Å². The molecule has 1 amide bonds. The average Bonchev–Trinajstić information content (AvgIpc) is 2.76. The largest absolute Gasteiger partial charge is 0.444 e. The summed E-state index contributed by atoms with van der Waals surface area (Å²) in [4.78, 5) is 14.9. The van der Waals surface area contributed by atoms with Gasteiger partial charge in [0.15, 0.2) is 0 Å². The average molecular weight is 289 g/mol. The number of amides is 1. The van der Waals surface area contributed by atoms with Gasteiger partial charge in [0.1, 0.15) is 5.60 Å². The highest BCUT2D eigenvalue weighted by molar-refractivity contribution is 5.84. The molecule has 21 heavy (non-hydrogen) atoms. The summed E-state index contributed by atoms with van der Waals surface area (Å²) in [6.45, 7) is 7.86. The maximum absolute atomic E-state index is 11.7. The Balaban J connectivity index is 2.04. The lowest BCUT2D eigenvalue weighted by molar-refractivity contribution is 0.0524. The highest BCUT2D eigenvalue weighted by Crippen LogP contribution is 2.23. The molecule has 4 N–H and O–H groups in total. The molecule has 5 heteroatoms. The summed E-state index contributed by atoms with van der Waals surface area (Å²) in [7, 11) is 0. The standard InChI is InChI=1S/C16H23N3O2/c1-10-5-6-14-11(7-10)12(8-18-14)13(17)9-19-15(20)21-16(2,3)4/h5-8,13,18H,9,17H2,1-4H3,(H,19,20). The number of H-pyrrole nitrogens is 1. The van der Waals surface area contributed by atoms with E-state index in [-0.39, 0.29) is 6.04 Å². The van der Waals surface area contributed by atoms with Crippen LogP contribution in [0.15, 0.2) is 24.4 Å². The molecule has 0 aliphatic heterocycles. The molecule has 1 aromatic heterocycles. The van der Waals surface area contributed by atoms with Crippen LogP contribution in [-0.4, -0.2) is 23.2 Å². The van der Waals surface area contributed by atoms with Crippen LogP contribution in [0, 0.1) is 6.92 Å². The summed E-state index contributed by atoms with van der Waals surface area (Å²) >= 11 is 0. The number of hydrogen-bond acceptors (Lipinski definition) is 3. The van der Waals surface area contributed by atoms with E-state index in [1.807, 2.05) is 46.0 Å². The highest BCUT2D eigenvalue weighted by Gasteiger charge is 2.18. The van der Waals surface area contributed by atoms with Gasteiger partial charge in [0, 0.05) is 29.7 Å².